The van der Waals surface area contributed by atoms with Crippen molar-refractivity contribution in [3.63, 3.8) is 0 Å². The van der Waals surface area contributed by atoms with Crippen molar-refractivity contribution < 1.29 is 28.6 Å². The summed E-state index contributed by atoms with van der Waals surface area (Å²) in [4.78, 5) is 21.8. The summed E-state index contributed by atoms with van der Waals surface area (Å²) in [7, 11) is 0. The van der Waals surface area contributed by atoms with Crippen LogP contribution in [-0.4, -0.2) is 41.4 Å². The highest BCUT2D eigenvalue weighted by Gasteiger charge is 2.18. The van der Waals surface area contributed by atoms with E-state index in [-0.39, 0.29) is 13.0 Å². The van der Waals surface area contributed by atoms with E-state index in [1.54, 1.807) is 0 Å². The van der Waals surface area contributed by atoms with Crippen molar-refractivity contribution >= 4 is 12.0 Å². The van der Waals surface area contributed by atoms with E-state index in [1.807, 2.05) is 5.32 Å². The average molecular weight is 288 g/mol. The van der Waals surface area contributed by atoms with Crippen LogP contribution in [0.15, 0.2) is 18.2 Å². The Bertz CT molecular complexity index is 476. The number of rotatable bonds is 6. The van der Waals surface area contributed by atoms with Crippen LogP contribution in [0.5, 0.6) is 0 Å². The lowest BCUT2D eigenvalue weighted by Crippen LogP contribution is -2.48. The third-order valence-corrected chi connectivity index (χ3v) is 2.41. The highest BCUT2D eigenvalue weighted by Crippen LogP contribution is 2.07. The maximum atomic E-state index is 12.9. The molecule has 0 aliphatic heterocycles. The van der Waals surface area contributed by atoms with Gasteiger partial charge in [0.15, 0.2) is 6.04 Å². The van der Waals surface area contributed by atoms with Gasteiger partial charge in [0.2, 0.25) is 0 Å². The molecule has 0 heterocycles. The van der Waals surface area contributed by atoms with Gasteiger partial charge in [-0.1, -0.05) is 0 Å². The van der Waals surface area contributed by atoms with Crippen LogP contribution in [0.2, 0.25) is 0 Å². The molecule has 0 aliphatic rings. The van der Waals surface area contributed by atoms with Crippen molar-refractivity contribution in [2.24, 2.45) is 0 Å². The van der Waals surface area contributed by atoms with Gasteiger partial charge in [-0.15, -0.1) is 0 Å². The molecule has 1 aromatic carbocycles. The quantitative estimate of drug-likeness (QED) is 0.603. The second kappa shape index (κ2) is 7.39. The Balaban J connectivity index is 2.40. The van der Waals surface area contributed by atoms with E-state index >= 15 is 0 Å². The van der Waals surface area contributed by atoms with E-state index in [1.165, 1.54) is 0 Å². The molecule has 0 fully saturated rings. The fourth-order valence-corrected chi connectivity index (χ4v) is 1.47. The molecule has 0 aliphatic carbocycles. The van der Waals surface area contributed by atoms with Crippen LogP contribution in [0.3, 0.4) is 0 Å². The molecule has 0 radical (unpaired) electrons. The molecular formula is C12H14F2N2O4. The summed E-state index contributed by atoms with van der Waals surface area (Å²) in [6, 6.07) is 0.819. The monoisotopic (exact) mass is 288 g/mol. The van der Waals surface area contributed by atoms with Gasteiger partial charge in [-0.25, -0.2) is 18.4 Å². The molecule has 110 valence electrons. The Labute approximate surface area is 113 Å². The molecule has 2 amide bonds. The third-order valence-electron chi connectivity index (χ3n) is 2.41. The number of carbonyl (C=O) groups is 2. The van der Waals surface area contributed by atoms with Crippen LogP contribution >= 0.6 is 0 Å². The maximum Gasteiger partial charge on any atom is 0.328 e. The number of carboxylic acids is 1. The van der Waals surface area contributed by atoms with Crippen LogP contribution in [-0.2, 0) is 11.2 Å². The zero-order valence-corrected chi connectivity index (χ0v) is 10.4. The largest absolute Gasteiger partial charge is 0.480 e. The molecule has 0 saturated carbocycles. The van der Waals surface area contributed by atoms with Gasteiger partial charge in [0.05, 0.1) is 6.61 Å². The zero-order chi connectivity index (χ0) is 15.1. The number of hydrogen-bond donors (Lipinski definition) is 4. The minimum Gasteiger partial charge on any atom is -0.480 e. The number of amides is 2. The van der Waals surface area contributed by atoms with Crippen molar-refractivity contribution in [2.45, 2.75) is 12.5 Å². The smallest absolute Gasteiger partial charge is 0.328 e. The Morgan fingerprint density at radius 1 is 1.20 bits per heavy atom. The first-order chi connectivity index (χ1) is 9.42. The maximum absolute atomic E-state index is 12.9. The van der Waals surface area contributed by atoms with Crippen molar-refractivity contribution in [1.29, 1.82) is 0 Å². The molecule has 1 rings (SSSR count). The molecule has 4 N–H and O–H groups in total. The Kier molecular flexibility index (Phi) is 5.85. The Hall–Kier alpha value is -2.22. The molecular weight excluding hydrogens is 274 g/mol. The van der Waals surface area contributed by atoms with Gasteiger partial charge < -0.3 is 20.8 Å². The van der Waals surface area contributed by atoms with Crippen molar-refractivity contribution in [3.05, 3.63) is 35.4 Å². The summed E-state index contributed by atoms with van der Waals surface area (Å²) in [6.07, 6.45) is 0.180. The molecule has 0 bridgehead atoms. The van der Waals surface area contributed by atoms with E-state index in [2.05, 4.69) is 5.32 Å². The van der Waals surface area contributed by atoms with E-state index in [0.29, 0.717) is 5.56 Å². The lowest BCUT2D eigenvalue weighted by Gasteiger charge is -2.12. The molecule has 6 nitrogen and oxygen atoms in total. The van der Waals surface area contributed by atoms with Gasteiger partial charge in [-0.3, -0.25) is 0 Å². The normalized spacial score (nSPS) is 11.8. The van der Waals surface area contributed by atoms with Crippen molar-refractivity contribution in [1.82, 2.24) is 10.6 Å². The second-order valence-electron chi connectivity index (χ2n) is 4.00. The third kappa shape index (κ3) is 5.19. The van der Waals surface area contributed by atoms with Crippen LogP contribution in [0, 0.1) is 11.6 Å². The first-order valence-corrected chi connectivity index (χ1v) is 5.75. The number of nitrogens with one attached hydrogen (secondary N) is 2. The number of benzene rings is 1. The fourth-order valence-electron chi connectivity index (χ4n) is 1.47. The minimum atomic E-state index is -1.40. The van der Waals surface area contributed by atoms with Crippen LogP contribution < -0.4 is 10.6 Å². The molecule has 1 unspecified atom stereocenters. The predicted octanol–water partition coefficient (Wildman–Crippen LogP) is 0.252. The number of halogens is 2. The molecule has 0 spiro atoms. The number of aliphatic carboxylic acids is 1. The summed E-state index contributed by atoms with van der Waals surface area (Å²) >= 11 is 0. The van der Waals surface area contributed by atoms with Gasteiger partial charge in [0.1, 0.15) is 11.6 Å². The Morgan fingerprint density at radius 2 is 1.80 bits per heavy atom. The Morgan fingerprint density at radius 3 is 2.30 bits per heavy atom. The number of urea groups is 1. The van der Waals surface area contributed by atoms with Gasteiger partial charge in [-0.2, -0.15) is 0 Å². The average Bonchev–Trinajstić information content (AvgIpc) is 2.34. The number of hydrogen-bond acceptors (Lipinski definition) is 3. The van der Waals surface area contributed by atoms with E-state index < -0.39 is 36.3 Å². The molecule has 1 aromatic rings. The minimum absolute atomic E-state index is 0.0620. The number of carboxylic acid groups (broad SMARTS) is 1. The zero-order valence-electron chi connectivity index (χ0n) is 10.4. The molecule has 20 heavy (non-hydrogen) atoms. The number of aliphatic hydroxyl groups is 1. The molecule has 0 saturated heterocycles. The lowest BCUT2D eigenvalue weighted by molar-refractivity contribution is -0.140. The van der Waals surface area contributed by atoms with Crippen molar-refractivity contribution in [2.75, 3.05) is 13.2 Å². The van der Waals surface area contributed by atoms with Crippen LogP contribution in [0.4, 0.5) is 13.6 Å². The van der Waals surface area contributed by atoms with E-state index in [9.17, 15) is 18.4 Å². The van der Waals surface area contributed by atoms with Crippen LogP contribution in [0.1, 0.15) is 5.56 Å². The van der Waals surface area contributed by atoms with Gasteiger partial charge in [0.25, 0.3) is 0 Å². The highest BCUT2D eigenvalue weighted by molar-refractivity contribution is 5.82. The number of aliphatic hydroxyl groups excluding tert-OH is 1. The topological polar surface area (TPSA) is 98.7 Å². The summed E-state index contributed by atoms with van der Waals surface area (Å²) < 4.78 is 25.8. The van der Waals surface area contributed by atoms with Crippen LogP contribution in [0.25, 0.3) is 0 Å². The number of carbonyl (C=O) groups excluding carboxylic acids is 1. The lowest BCUT2D eigenvalue weighted by atomic mass is 10.1. The highest BCUT2D eigenvalue weighted by atomic mass is 19.1. The first kappa shape index (κ1) is 15.8. The molecule has 8 heteroatoms. The molecule has 1 atom stereocenters. The predicted molar refractivity (Wildman–Crippen MR) is 65.1 cm³/mol. The summed E-state index contributed by atoms with van der Waals surface area (Å²) in [5.41, 5.74) is 0.361. The fraction of sp³-hybridized carbons (Fsp3) is 0.333. The standard InChI is InChI=1S/C12H14F2N2O4/c13-8-3-7(4-9(14)5-8)1-2-15-12(20)16-10(6-17)11(18)19/h3-5,10,17H,1-2,6H2,(H,18,19)(H2,15,16,20). The second-order valence-corrected chi connectivity index (χ2v) is 4.00. The van der Waals surface area contributed by atoms with Gasteiger partial charge in [-0.05, 0) is 24.1 Å². The summed E-state index contributed by atoms with van der Waals surface area (Å²) in [6.45, 7) is -0.676. The SMILES string of the molecule is O=C(NCCc1cc(F)cc(F)c1)NC(CO)C(=O)O. The summed E-state index contributed by atoms with van der Waals surface area (Å²) in [5.74, 6) is -2.79. The van der Waals surface area contributed by atoms with E-state index in [4.69, 9.17) is 10.2 Å². The first-order valence-electron chi connectivity index (χ1n) is 5.75. The van der Waals surface area contributed by atoms with E-state index in [0.717, 1.165) is 18.2 Å². The van der Waals surface area contributed by atoms with Gasteiger partial charge in [0, 0.05) is 12.6 Å². The van der Waals surface area contributed by atoms with Gasteiger partial charge >= 0.3 is 12.0 Å². The molecule has 0 aromatic heterocycles. The summed E-state index contributed by atoms with van der Waals surface area (Å²) in [5, 5.41) is 21.7. The van der Waals surface area contributed by atoms with Crippen molar-refractivity contribution in [3.8, 4) is 0 Å².